The average Bonchev–Trinajstić information content (AvgIpc) is 2.44. The number of nitriles is 1. The Kier molecular flexibility index (Phi) is 4.00. The number of benzene rings is 2. The van der Waals surface area contributed by atoms with Crippen LogP contribution in [0.25, 0.3) is 0 Å². The van der Waals surface area contributed by atoms with E-state index in [2.05, 4.69) is 0 Å². The molecule has 0 saturated heterocycles. The molecule has 2 N–H and O–H groups in total. The first-order valence-electron chi connectivity index (χ1n) is 5.50. The highest BCUT2D eigenvalue weighted by Crippen LogP contribution is 2.34. The molecule has 0 bridgehead atoms. The molecule has 0 spiro atoms. The van der Waals surface area contributed by atoms with Crippen LogP contribution in [0.5, 0.6) is 11.5 Å². The zero-order chi connectivity index (χ0) is 13.8. The summed E-state index contributed by atoms with van der Waals surface area (Å²) in [6.45, 7) is 0.0532. The zero-order valence-corrected chi connectivity index (χ0v) is 10.6. The van der Waals surface area contributed by atoms with E-state index in [1.165, 1.54) is 18.2 Å². The van der Waals surface area contributed by atoms with Gasteiger partial charge in [-0.25, -0.2) is 4.39 Å². The minimum Gasteiger partial charge on any atom is -0.453 e. The number of hydrogen-bond acceptors (Lipinski definition) is 3. The molecule has 2 aromatic rings. The molecule has 0 saturated carbocycles. The van der Waals surface area contributed by atoms with Crippen LogP contribution < -0.4 is 10.5 Å². The Morgan fingerprint density at radius 2 is 2.11 bits per heavy atom. The van der Waals surface area contributed by atoms with E-state index >= 15 is 0 Å². The molecule has 19 heavy (non-hydrogen) atoms. The van der Waals surface area contributed by atoms with Crippen molar-refractivity contribution in [1.29, 1.82) is 5.26 Å². The molecular weight excluding hydrogens is 267 g/mol. The standard InChI is InChI=1S/C14H10ClFN2O/c15-12-5-4-10(8-18)13(16)14(12)19-11-3-1-2-9(6-11)7-17/h1-6H,8,18H2. The molecular formula is C14H10ClFN2O. The molecule has 0 aliphatic carbocycles. The lowest BCUT2D eigenvalue weighted by molar-refractivity contribution is 0.438. The van der Waals surface area contributed by atoms with Crippen molar-refractivity contribution in [3.05, 3.63) is 58.4 Å². The summed E-state index contributed by atoms with van der Waals surface area (Å²) in [5.74, 6) is -0.328. The lowest BCUT2D eigenvalue weighted by Crippen LogP contribution is -2.01. The third-order valence-electron chi connectivity index (χ3n) is 2.53. The van der Waals surface area contributed by atoms with Gasteiger partial charge in [0.1, 0.15) is 5.75 Å². The van der Waals surface area contributed by atoms with E-state index in [9.17, 15) is 4.39 Å². The summed E-state index contributed by atoms with van der Waals surface area (Å²) in [5, 5.41) is 8.95. The molecule has 0 heterocycles. The maximum atomic E-state index is 14.0. The molecule has 0 aliphatic heterocycles. The van der Waals surface area contributed by atoms with E-state index in [0.29, 0.717) is 16.9 Å². The number of ether oxygens (including phenoxy) is 1. The number of halogens is 2. The van der Waals surface area contributed by atoms with Crippen LogP contribution in [-0.2, 0) is 6.54 Å². The Morgan fingerprint density at radius 1 is 1.32 bits per heavy atom. The van der Waals surface area contributed by atoms with Crippen LogP contribution in [0.3, 0.4) is 0 Å². The molecule has 2 rings (SSSR count). The minimum atomic E-state index is -0.586. The van der Waals surface area contributed by atoms with Gasteiger partial charge in [0.15, 0.2) is 11.6 Å². The van der Waals surface area contributed by atoms with Crippen LogP contribution >= 0.6 is 11.6 Å². The second kappa shape index (κ2) is 5.70. The summed E-state index contributed by atoms with van der Waals surface area (Å²) in [5.41, 5.74) is 6.16. The fraction of sp³-hybridized carbons (Fsp3) is 0.0714. The first kappa shape index (κ1) is 13.3. The maximum absolute atomic E-state index is 14.0. The van der Waals surface area contributed by atoms with E-state index < -0.39 is 5.82 Å². The highest BCUT2D eigenvalue weighted by atomic mass is 35.5. The summed E-state index contributed by atoms with van der Waals surface area (Å²) in [4.78, 5) is 0. The molecule has 5 heteroatoms. The average molecular weight is 277 g/mol. The maximum Gasteiger partial charge on any atom is 0.181 e. The molecule has 0 amide bonds. The van der Waals surface area contributed by atoms with Gasteiger partial charge in [-0.05, 0) is 24.3 Å². The quantitative estimate of drug-likeness (QED) is 0.932. The van der Waals surface area contributed by atoms with Crippen LogP contribution in [0.4, 0.5) is 4.39 Å². The van der Waals surface area contributed by atoms with Crippen LogP contribution in [0.1, 0.15) is 11.1 Å². The first-order valence-corrected chi connectivity index (χ1v) is 5.88. The van der Waals surface area contributed by atoms with Gasteiger partial charge in [-0.3, -0.25) is 0 Å². The molecule has 0 fully saturated rings. The van der Waals surface area contributed by atoms with Gasteiger partial charge < -0.3 is 10.5 Å². The Hall–Kier alpha value is -2.09. The monoisotopic (exact) mass is 276 g/mol. The molecule has 96 valence electrons. The lowest BCUT2D eigenvalue weighted by Gasteiger charge is -2.11. The highest BCUT2D eigenvalue weighted by Gasteiger charge is 2.14. The second-order valence-electron chi connectivity index (χ2n) is 3.80. The first-order chi connectivity index (χ1) is 9.15. The Labute approximate surface area is 115 Å². The fourth-order valence-electron chi connectivity index (χ4n) is 1.57. The second-order valence-corrected chi connectivity index (χ2v) is 4.20. The van der Waals surface area contributed by atoms with Crippen molar-refractivity contribution in [3.8, 4) is 17.6 Å². The molecule has 0 aromatic heterocycles. The Morgan fingerprint density at radius 3 is 2.79 bits per heavy atom. The highest BCUT2D eigenvalue weighted by molar-refractivity contribution is 6.32. The molecule has 0 atom stereocenters. The Bertz CT molecular complexity index is 652. The van der Waals surface area contributed by atoms with Gasteiger partial charge in [-0.15, -0.1) is 0 Å². The summed E-state index contributed by atoms with van der Waals surface area (Å²) >= 11 is 5.91. The van der Waals surface area contributed by atoms with Gasteiger partial charge in [0.25, 0.3) is 0 Å². The predicted octanol–water partition coefficient (Wildman–Crippen LogP) is 3.60. The van der Waals surface area contributed by atoms with E-state index in [4.69, 9.17) is 27.3 Å². The van der Waals surface area contributed by atoms with Crippen molar-refractivity contribution < 1.29 is 9.13 Å². The van der Waals surface area contributed by atoms with Crippen molar-refractivity contribution in [1.82, 2.24) is 0 Å². The van der Waals surface area contributed by atoms with E-state index in [0.717, 1.165) is 0 Å². The summed E-state index contributed by atoms with van der Waals surface area (Å²) in [7, 11) is 0. The van der Waals surface area contributed by atoms with Crippen LogP contribution in [-0.4, -0.2) is 0 Å². The minimum absolute atomic E-state index is 0.0532. The van der Waals surface area contributed by atoms with Crippen molar-refractivity contribution >= 4 is 11.6 Å². The molecule has 0 aliphatic rings. The molecule has 3 nitrogen and oxygen atoms in total. The van der Waals surface area contributed by atoms with Gasteiger partial charge in [0, 0.05) is 12.1 Å². The zero-order valence-electron chi connectivity index (χ0n) is 9.86. The topological polar surface area (TPSA) is 59.0 Å². The van der Waals surface area contributed by atoms with Gasteiger partial charge in [0.2, 0.25) is 0 Å². The van der Waals surface area contributed by atoms with Gasteiger partial charge in [-0.1, -0.05) is 23.7 Å². The number of nitrogens with two attached hydrogens (primary N) is 1. The van der Waals surface area contributed by atoms with Crippen molar-refractivity contribution in [3.63, 3.8) is 0 Å². The van der Waals surface area contributed by atoms with Crippen LogP contribution in [0.15, 0.2) is 36.4 Å². The predicted molar refractivity (Wildman–Crippen MR) is 70.5 cm³/mol. The van der Waals surface area contributed by atoms with Crippen molar-refractivity contribution in [2.24, 2.45) is 5.73 Å². The molecule has 0 radical (unpaired) electrons. The SMILES string of the molecule is N#Cc1cccc(Oc2c(Cl)ccc(CN)c2F)c1. The van der Waals surface area contributed by atoms with Crippen LogP contribution in [0, 0.1) is 17.1 Å². The van der Waals surface area contributed by atoms with Crippen molar-refractivity contribution in [2.45, 2.75) is 6.54 Å². The molecule has 2 aromatic carbocycles. The smallest absolute Gasteiger partial charge is 0.181 e. The van der Waals surface area contributed by atoms with E-state index in [-0.39, 0.29) is 17.3 Å². The number of nitrogens with zero attached hydrogens (tertiary/aromatic N) is 1. The van der Waals surface area contributed by atoms with Crippen molar-refractivity contribution in [2.75, 3.05) is 0 Å². The van der Waals surface area contributed by atoms with Gasteiger partial charge in [0.05, 0.1) is 16.7 Å². The molecule has 0 unspecified atom stereocenters. The summed E-state index contributed by atoms with van der Waals surface area (Å²) in [6.07, 6.45) is 0. The summed E-state index contributed by atoms with van der Waals surface area (Å²) in [6, 6.07) is 11.4. The number of rotatable bonds is 3. The van der Waals surface area contributed by atoms with Gasteiger partial charge in [-0.2, -0.15) is 5.26 Å². The van der Waals surface area contributed by atoms with E-state index in [1.54, 1.807) is 18.2 Å². The Balaban J connectivity index is 2.40. The third kappa shape index (κ3) is 2.84. The largest absolute Gasteiger partial charge is 0.453 e. The fourth-order valence-corrected chi connectivity index (χ4v) is 1.76. The normalized spacial score (nSPS) is 10.0. The van der Waals surface area contributed by atoms with E-state index in [1.807, 2.05) is 6.07 Å². The van der Waals surface area contributed by atoms with Gasteiger partial charge >= 0.3 is 0 Å². The van der Waals surface area contributed by atoms with Crippen LogP contribution in [0.2, 0.25) is 5.02 Å². The third-order valence-corrected chi connectivity index (χ3v) is 2.83. The number of hydrogen-bond donors (Lipinski definition) is 1. The lowest BCUT2D eigenvalue weighted by atomic mass is 10.2. The summed E-state index contributed by atoms with van der Waals surface area (Å²) < 4.78 is 19.5.